The number of hydrogen-bond donors (Lipinski definition) is 1. The molecule has 0 spiro atoms. The average molecular weight is 236 g/mol. The molecule has 0 amide bonds. The van der Waals surface area contributed by atoms with Gasteiger partial charge in [0, 0.05) is 31.0 Å². The third kappa shape index (κ3) is 6.39. The van der Waals surface area contributed by atoms with Crippen LogP contribution in [0.4, 0.5) is 0 Å². The van der Waals surface area contributed by atoms with Crippen LogP contribution in [0.1, 0.15) is 32.9 Å². The van der Waals surface area contributed by atoms with E-state index in [-0.39, 0.29) is 0 Å². The fourth-order valence-electron chi connectivity index (χ4n) is 1.78. The molecule has 1 aromatic rings. The second kappa shape index (κ2) is 8.20. The van der Waals surface area contributed by atoms with Crippen molar-refractivity contribution in [3.05, 3.63) is 30.1 Å². The molecule has 0 fully saturated rings. The van der Waals surface area contributed by atoms with E-state index in [2.05, 4.69) is 37.1 Å². The van der Waals surface area contributed by atoms with Gasteiger partial charge in [-0.15, -0.1) is 0 Å². The zero-order valence-corrected chi connectivity index (χ0v) is 11.1. The van der Waals surface area contributed by atoms with Crippen LogP contribution in [0, 0.1) is 0 Å². The first-order chi connectivity index (χ1) is 8.22. The number of hydrogen-bond acceptors (Lipinski definition) is 3. The zero-order chi connectivity index (χ0) is 12.5. The number of nitrogens with one attached hydrogen (secondary N) is 1. The molecule has 96 valence electrons. The summed E-state index contributed by atoms with van der Waals surface area (Å²) in [4.78, 5) is 4.36. The second-order valence-electron chi connectivity index (χ2n) is 4.49. The van der Waals surface area contributed by atoms with E-state index in [4.69, 9.17) is 4.74 Å². The van der Waals surface area contributed by atoms with Crippen LogP contribution in [0.5, 0.6) is 0 Å². The molecule has 1 unspecified atom stereocenters. The molecule has 1 N–H and O–H groups in total. The molecule has 17 heavy (non-hydrogen) atoms. The minimum Gasteiger partial charge on any atom is -0.379 e. The fourth-order valence-corrected chi connectivity index (χ4v) is 1.78. The molecule has 0 saturated carbocycles. The molecule has 0 aliphatic carbocycles. The van der Waals surface area contributed by atoms with E-state index in [9.17, 15) is 0 Å². The zero-order valence-electron chi connectivity index (χ0n) is 11.1. The molecule has 0 aliphatic rings. The Hall–Kier alpha value is -0.930. The van der Waals surface area contributed by atoms with Gasteiger partial charge in [-0.3, -0.25) is 4.98 Å². The van der Waals surface area contributed by atoms with Crippen LogP contribution in [-0.4, -0.2) is 30.3 Å². The lowest BCUT2D eigenvalue weighted by Crippen LogP contribution is -2.32. The normalized spacial score (nSPS) is 12.9. The highest BCUT2D eigenvalue weighted by molar-refractivity contribution is 5.05. The Bertz CT molecular complexity index is 288. The van der Waals surface area contributed by atoms with Gasteiger partial charge in [0.05, 0.1) is 6.10 Å². The molecular weight excluding hydrogens is 212 g/mol. The smallest absolute Gasteiger partial charge is 0.0518 e. The van der Waals surface area contributed by atoms with Gasteiger partial charge in [-0.05, 0) is 38.9 Å². The maximum atomic E-state index is 5.60. The van der Waals surface area contributed by atoms with Crippen LogP contribution in [0.2, 0.25) is 0 Å². The minimum atomic E-state index is 0.312. The third-order valence-corrected chi connectivity index (χ3v) is 2.59. The summed E-state index contributed by atoms with van der Waals surface area (Å²) in [5.74, 6) is 0. The SMILES string of the molecule is CCNC(CCOC(C)C)Cc1ccccn1. The minimum absolute atomic E-state index is 0.312. The van der Waals surface area contributed by atoms with Gasteiger partial charge < -0.3 is 10.1 Å². The molecule has 1 rings (SSSR count). The van der Waals surface area contributed by atoms with Gasteiger partial charge in [0.1, 0.15) is 0 Å². The maximum absolute atomic E-state index is 5.60. The largest absolute Gasteiger partial charge is 0.379 e. The van der Waals surface area contributed by atoms with Crippen molar-refractivity contribution in [1.29, 1.82) is 0 Å². The molecule has 0 bridgehead atoms. The van der Waals surface area contributed by atoms with Crippen molar-refractivity contribution in [3.8, 4) is 0 Å². The van der Waals surface area contributed by atoms with Gasteiger partial charge in [0.15, 0.2) is 0 Å². The van der Waals surface area contributed by atoms with Gasteiger partial charge in [0.2, 0.25) is 0 Å². The van der Waals surface area contributed by atoms with E-state index in [1.807, 2.05) is 18.3 Å². The monoisotopic (exact) mass is 236 g/mol. The van der Waals surface area contributed by atoms with Crippen LogP contribution in [-0.2, 0) is 11.2 Å². The van der Waals surface area contributed by atoms with Crippen molar-refractivity contribution in [2.45, 2.75) is 45.8 Å². The fraction of sp³-hybridized carbons (Fsp3) is 0.643. The summed E-state index contributed by atoms with van der Waals surface area (Å²) in [6.45, 7) is 8.07. The van der Waals surface area contributed by atoms with Crippen LogP contribution >= 0.6 is 0 Å². The molecule has 0 aliphatic heterocycles. The van der Waals surface area contributed by atoms with Gasteiger partial charge >= 0.3 is 0 Å². The molecule has 3 nitrogen and oxygen atoms in total. The highest BCUT2D eigenvalue weighted by Crippen LogP contribution is 2.04. The second-order valence-corrected chi connectivity index (χ2v) is 4.49. The molecular formula is C14H24N2O. The molecule has 0 radical (unpaired) electrons. The van der Waals surface area contributed by atoms with Crippen LogP contribution in [0.3, 0.4) is 0 Å². The third-order valence-electron chi connectivity index (χ3n) is 2.59. The standard InChI is InChI=1S/C14H24N2O/c1-4-15-14(8-10-17-12(2)3)11-13-7-5-6-9-16-13/h5-7,9,12,14-15H,4,8,10-11H2,1-3H3. The average Bonchev–Trinajstić information content (AvgIpc) is 2.30. The predicted molar refractivity (Wildman–Crippen MR) is 71.1 cm³/mol. The lowest BCUT2D eigenvalue weighted by Gasteiger charge is -2.18. The van der Waals surface area contributed by atoms with Crippen molar-refractivity contribution in [2.24, 2.45) is 0 Å². The van der Waals surface area contributed by atoms with Crippen molar-refractivity contribution in [2.75, 3.05) is 13.2 Å². The first-order valence-electron chi connectivity index (χ1n) is 6.47. The Morgan fingerprint density at radius 3 is 2.76 bits per heavy atom. The molecule has 0 saturated heterocycles. The van der Waals surface area contributed by atoms with Crippen molar-refractivity contribution < 1.29 is 4.74 Å². The number of ether oxygens (including phenoxy) is 1. The van der Waals surface area contributed by atoms with Crippen LogP contribution in [0.15, 0.2) is 24.4 Å². The molecule has 1 heterocycles. The van der Waals surface area contributed by atoms with Gasteiger partial charge in [-0.25, -0.2) is 0 Å². The van der Waals surface area contributed by atoms with E-state index < -0.39 is 0 Å². The molecule has 0 aromatic carbocycles. The highest BCUT2D eigenvalue weighted by atomic mass is 16.5. The van der Waals surface area contributed by atoms with Crippen molar-refractivity contribution >= 4 is 0 Å². The first-order valence-corrected chi connectivity index (χ1v) is 6.47. The lowest BCUT2D eigenvalue weighted by molar-refractivity contribution is 0.0716. The van der Waals surface area contributed by atoms with E-state index in [0.717, 1.165) is 31.7 Å². The van der Waals surface area contributed by atoms with E-state index in [1.165, 1.54) is 0 Å². The quantitative estimate of drug-likeness (QED) is 0.752. The lowest BCUT2D eigenvalue weighted by atomic mass is 10.1. The summed E-state index contributed by atoms with van der Waals surface area (Å²) in [7, 11) is 0. The predicted octanol–water partition coefficient (Wildman–Crippen LogP) is 2.42. The summed E-state index contributed by atoms with van der Waals surface area (Å²) in [6.07, 6.45) is 4.16. The Kier molecular flexibility index (Phi) is 6.82. The molecule has 1 aromatic heterocycles. The Morgan fingerprint density at radius 1 is 1.35 bits per heavy atom. The number of pyridine rings is 1. The Balaban J connectivity index is 2.37. The van der Waals surface area contributed by atoms with Gasteiger partial charge in [0.25, 0.3) is 0 Å². The van der Waals surface area contributed by atoms with Gasteiger partial charge in [-0.1, -0.05) is 13.0 Å². The Morgan fingerprint density at radius 2 is 2.18 bits per heavy atom. The van der Waals surface area contributed by atoms with E-state index in [0.29, 0.717) is 12.1 Å². The van der Waals surface area contributed by atoms with Crippen molar-refractivity contribution in [3.63, 3.8) is 0 Å². The summed E-state index contributed by atoms with van der Waals surface area (Å²) in [5, 5.41) is 3.48. The number of aromatic nitrogens is 1. The number of rotatable bonds is 8. The highest BCUT2D eigenvalue weighted by Gasteiger charge is 2.09. The van der Waals surface area contributed by atoms with E-state index in [1.54, 1.807) is 0 Å². The summed E-state index contributed by atoms with van der Waals surface area (Å²) >= 11 is 0. The maximum Gasteiger partial charge on any atom is 0.0518 e. The van der Waals surface area contributed by atoms with Gasteiger partial charge in [-0.2, -0.15) is 0 Å². The van der Waals surface area contributed by atoms with Crippen molar-refractivity contribution in [1.82, 2.24) is 10.3 Å². The molecule has 3 heteroatoms. The first kappa shape index (κ1) is 14.1. The van der Waals surface area contributed by atoms with Crippen LogP contribution < -0.4 is 5.32 Å². The number of likely N-dealkylation sites (N-methyl/N-ethyl adjacent to an activating group) is 1. The van der Waals surface area contributed by atoms with Crippen LogP contribution in [0.25, 0.3) is 0 Å². The van der Waals surface area contributed by atoms with E-state index >= 15 is 0 Å². The summed E-state index contributed by atoms with van der Waals surface area (Å²) in [5.41, 5.74) is 1.14. The summed E-state index contributed by atoms with van der Waals surface area (Å²) in [6, 6.07) is 6.52. The number of nitrogens with zero attached hydrogens (tertiary/aromatic N) is 1. The molecule has 1 atom stereocenters. The Labute approximate surface area is 105 Å². The topological polar surface area (TPSA) is 34.1 Å². The summed E-state index contributed by atoms with van der Waals surface area (Å²) < 4.78 is 5.60.